The molecule has 3 aromatic rings. The zero-order valence-electron chi connectivity index (χ0n) is 24.1. The summed E-state index contributed by atoms with van der Waals surface area (Å²) in [6, 6.07) is 19.3. The highest BCUT2D eigenvalue weighted by Gasteiger charge is 2.42. The molecule has 1 atom stereocenters. The Bertz CT molecular complexity index is 1700. The number of nitro groups is 1. The normalized spacial score (nSPS) is 16.8. The molecule has 0 saturated carbocycles. The fourth-order valence-electron chi connectivity index (χ4n) is 5.85. The van der Waals surface area contributed by atoms with E-state index in [9.17, 15) is 20.2 Å². The standard InChI is InChI=1S/C33H32N4O4S/c1-19-8-11-24(12-9-19)42-18-22-14-20(2)15-25(21(22)3)31-26(17-34)33(35)36(28-6-5-7-30(38)32(28)31)27-13-10-23(41-4)16-29(27)37(39)40/h8-16,31H,5-7,18,35H2,1-4H3. The Morgan fingerprint density at radius 2 is 1.83 bits per heavy atom. The van der Waals surface area contributed by atoms with E-state index in [-0.39, 0.29) is 28.6 Å². The SMILES string of the molecule is COc1ccc(N2C(N)=C(C#N)C(c3cc(C)cc(CSc4ccc(C)cc4)c3C)C3=C2CCCC3=O)c([N+](=O)[O-])c1. The van der Waals surface area contributed by atoms with E-state index in [2.05, 4.69) is 43.3 Å². The lowest BCUT2D eigenvalue weighted by molar-refractivity contribution is -0.384. The number of nitro benzene ring substituents is 1. The lowest BCUT2D eigenvalue weighted by Gasteiger charge is -2.40. The second-order valence-corrected chi connectivity index (χ2v) is 11.7. The molecular formula is C33H32N4O4S. The highest BCUT2D eigenvalue weighted by molar-refractivity contribution is 7.98. The maximum Gasteiger partial charge on any atom is 0.296 e. The number of hydrogen-bond donors (Lipinski definition) is 1. The molecule has 0 spiro atoms. The first-order valence-corrected chi connectivity index (χ1v) is 14.7. The van der Waals surface area contributed by atoms with Crippen LogP contribution in [0, 0.1) is 42.2 Å². The van der Waals surface area contributed by atoms with Gasteiger partial charge in [-0.2, -0.15) is 5.26 Å². The number of carbonyl (C=O) groups excluding carboxylic acids is 1. The van der Waals surface area contributed by atoms with Crippen LogP contribution in [-0.4, -0.2) is 17.8 Å². The largest absolute Gasteiger partial charge is 0.496 e. The minimum atomic E-state index is -0.658. The Hall–Kier alpha value is -4.55. The summed E-state index contributed by atoms with van der Waals surface area (Å²) in [5.41, 5.74) is 13.2. The molecule has 1 aliphatic heterocycles. The highest BCUT2D eigenvalue weighted by Crippen LogP contribution is 2.49. The molecule has 214 valence electrons. The van der Waals surface area contributed by atoms with Crippen molar-refractivity contribution in [3.63, 3.8) is 0 Å². The first-order valence-electron chi connectivity index (χ1n) is 13.7. The average molecular weight is 581 g/mol. The Balaban J connectivity index is 1.66. The molecule has 5 rings (SSSR count). The first-order chi connectivity index (χ1) is 20.1. The van der Waals surface area contributed by atoms with Crippen LogP contribution < -0.4 is 15.4 Å². The molecule has 2 N–H and O–H groups in total. The second-order valence-electron chi connectivity index (χ2n) is 10.7. The summed E-state index contributed by atoms with van der Waals surface area (Å²) in [6.45, 7) is 6.10. The third kappa shape index (κ3) is 5.26. The Morgan fingerprint density at radius 3 is 2.50 bits per heavy atom. The molecule has 0 saturated heterocycles. The van der Waals surface area contributed by atoms with E-state index in [4.69, 9.17) is 10.5 Å². The van der Waals surface area contributed by atoms with Crippen molar-refractivity contribution < 1.29 is 14.5 Å². The van der Waals surface area contributed by atoms with Crippen LogP contribution in [-0.2, 0) is 10.5 Å². The van der Waals surface area contributed by atoms with E-state index >= 15 is 0 Å². The van der Waals surface area contributed by atoms with Gasteiger partial charge in [-0.3, -0.25) is 19.8 Å². The topological polar surface area (TPSA) is 122 Å². The lowest BCUT2D eigenvalue weighted by Crippen LogP contribution is -2.39. The fraction of sp³-hybridized carbons (Fsp3) is 0.273. The summed E-state index contributed by atoms with van der Waals surface area (Å²) >= 11 is 1.73. The zero-order chi connectivity index (χ0) is 30.1. The molecule has 0 aromatic heterocycles. The number of ether oxygens (including phenoxy) is 1. The number of thioether (sulfide) groups is 1. The van der Waals surface area contributed by atoms with Crippen molar-refractivity contribution in [3.8, 4) is 11.8 Å². The number of rotatable bonds is 7. The van der Waals surface area contributed by atoms with Gasteiger partial charge >= 0.3 is 0 Å². The third-order valence-corrected chi connectivity index (χ3v) is 9.02. The van der Waals surface area contributed by atoms with Crippen molar-refractivity contribution in [1.29, 1.82) is 5.26 Å². The quantitative estimate of drug-likeness (QED) is 0.178. The number of anilines is 1. The molecule has 1 heterocycles. The second kappa shape index (κ2) is 11.7. The van der Waals surface area contributed by atoms with E-state index in [1.54, 1.807) is 23.9 Å². The van der Waals surface area contributed by atoms with Crippen molar-refractivity contribution in [2.75, 3.05) is 12.0 Å². The van der Waals surface area contributed by atoms with Crippen LogP contribution >= 0.6 is 11.8 Å². The Morgan fingerprint density at radius 1 is 1.10 bits per heavy atom. The number of methoxy groups -OCH3 is 1. The molecule has 0 radical (unpaired) electrons. The van der Waals surface area contributed by atoms with Gasteiger partial charge in [0.15, 0.2) is 5.78 Å². The Labute approximate surface area is 249 Å². The molecule has 3 aromatic carbocycles. The van der Waals surface area contributed by atoms with Crippen molar-refractivity contribution >= 4 is 28.9 Å². The third-order valence-electron chi connectivity index (χ3n) is 7.96. The van der Waals surface area contributed by atoms with Gasteiger partial charge < -0.3 is 10.5 Å². The van der Waals surface area contributed by atoms with E-state index in [0.29, 0.717) is 36.3 Å². The van der Waals surface area contributed by atoms with Crippen LogP contribution in [0.1, 0.15) is 53.0 Å². The van der Waals surface area contributed by atoms with Crippen LogP contribution in [0.2, 0.25) is 0 Å². The van der Waals surface area contributed by atoms with Crippen LogP contribution in [0.25, 0.3) is 0 Å². The number of ketones is 1. The molecule has 0 bridgehead atoms. The van der Waals surface area contributed by atoms with Gasteiger partial charge in [0.1, 0.15) is 17.3 Å². The molecule has 0 fully saturated rings. The van der Waals surface area contributed by atoms with E-state index in [1.165, 1.54) is 23.6 Å². The number of carbonyl (C=O) groups is 1. The first kappa shape index (κ1) is 29.0. The zero-order valence-corrected chi connectivity index (χ0v) is 24.9. The van der Waals surface area contributed by atoms with Gasteiger partial charge in [0.25, 0.3) is 5.69 Å². The number of hydrogen-bond acceptors (Lipinski definition) is 8. The smallest absolute Gasteiger partial charge is 0.296 e. The minimum absolute atomic E-state index is 0.0702. The molecule has 0 amide bonds. The summed E-state index contributed by atoms with van der Waals surface area (Å²) in [5, 5.41) is 22.6. The van der Waals surface area contributed by atoms with Crippen LogP contribution in [0.5, 0.6) is 5.75 Å². The van der Waals surface area contributed by atoms with Gasteiger partial charge in [0.05, 0.1) is 35.7 Å². The number of aryl methyl sites for hydroxylation is 2. The summed E-state index contributed by atoms with van der Waals surface area (Å²) in [4.78, 5) is 28.0. The molecule has 1 aliphatic carbocycles. The summed E-state index contributed by atoms with van der Waals surface area (Å²) in [6.07, 6.45) is 1.43. The molecule has 1 unspecified atom stereocenters. The molecule has 2 aliphatic rings. The van der Waals surface area contributed by atoms with Crippen molar-refractivity contribution in [3.05, 3.63) is 115 Å². The van der Waals surface area contributed by atoms with Gasteiger partial charge in [-0.05, 0) is 74.6 Å². The molecule has 9 heteroatoms. The van der Waals surface area contributed by atoms with Crippen LogP contribution in [0.4, 0.5) is 11.4 Å². The van der Waals surface area contributed by atoms with E-state index < -0.39 is 10.8 Å². The van der Waals surface area contributed by atoms with E-state index in [1.807, 2.05) is 19.9 Å². The molecule has 42 heavy (non-hydrogen) atoms. The van der Waals surface area contributed by atoms with Gasteiger partial charge in [-0.15, -0.1) is 11.8 Å². The van der Waals surface area contributed by atoms with Crippen LogP contribution in [0.3, 0.4) is 0 Å². The summed E-state index contributed by atoms with van der Waals surface area (Å²) in [7, 11) is 1.43. The fourth-order valence-corrected chi connectivity index (χ4v) is 6.80. The monoisotopic (exact) mass is 580 g/mol. The van der Waals surface area contributed by atoms with Gasteiger partial charge in [-0.1, -0.05) is 35.4 Å². The number of nitrogens with zero attached hydrogens (tertiary/aromatic N) is 3. The molecule has 8 nitrogen and oxygen atoms in total. The average Bonchev–Trinajstić information content (AvgIpc) is 2.97. The summed E-state index contributed by atoms with van der Waals surface area (Å²) < 4.78 is 5.22. The van der Waals surface area contributed by atoms with Gasteiger partial charge in [-0.25, -0.2) is 0 Å². The number of nitriles is 1. The Kier molecular flexibility index (Phi) is 8.10. The maximum absolute atomic E-state index is 13.7. The number of Topliss-reactive ketones (excluding diaryl/α,β-unsaturated/α-hetero) is 1. The van der Waals surface area contributed by atoms with Crippen LogP contribution in [0.15, 0.2) is 82.2 Å². The predicted octanol–water partition coefficient (Wildman–Crippen LogP) is 7.13. The van der Waals surface area contributed by atoms with Gasteiger partial charge in [0.2, 0.25) is 0 Å². The molecular weight excluding hydrogens is 548 g/mol. The number of allylic oxidation sites excluding steroid dienone is 3. The lowest BCUT2D eigenvalue weighted by atomic mass is 9.73. The predicted molar refractivity (Wildman–Crippen MR) is 164 cm³/mol. The van der Waals surface area contributed by atoms with Crippen molar-refractivity contribution in [2.24, 2.45) is 5.73 Å². The summed E-state index contributed by atoms with van der Waals surface area (Å²) in [5.74, 6) is 0.416. The highest BCUT2D eigenvalue weighted by atomic mass is 32.2. The van der Waals surface area contributed by atoms with Crippen molar-refractivity contribution in [1.82, 2.24) is 0 Å². The maximum atomic E-state index is 13.7. The van der Waals surface area contributed by atoms with E-state index in [0.717, 1.165) is 32.9 Å². The van der Waals surface area contributed by atoms with Crippen molar-refractivity contribution in [2.45, 2.75) is 56.6 Å². The minimum Gasteiger partial charge on any atom is -0.496 e. The number of benzene rings is 3. The van der Waals surface area contributed by atoms with Gasteiger partial charge in [0, 0.05) is 28.3 Å². The number of nitrogens with two attached hydrogens (primary N) is 1.